The summed E-state index contributed by atoms with van der Waals surface area (Å²) >= 11 is 3.40. The summed E-state index contributed by atoms with van der Waals surface area (Å²) in [5.74, 6) is 0.645. The van der Waals surface area contributed by atoms with Gasteiger partial charge in [-0.25, -0.2) is 13.1 Å². The van der Waals surface area contributed by atoms with Crippen LogP contribution in [0.2, 0.25) is 0 Å². The van der Waals surface area contributed by atoms with Crippen LogP contribution in [0.5, 0.6) is 0 Å². The first-order valence-electron chi connectivity index (χ1n) is 9.21. The molecule has 2 aliphatic heterocycles. The maximum Gasteiger partial charge on any atom is 0.242 e. The Bertz CT molecular complexity index is 789. The molecule has 2 N–H and O–H groups in total. The zero-order valence-electron chi connectivity index (χ0n) is 15.3. The SMILES string of the molecule is CC(=O)N1CCc2cc(Br)cc(S(=O)(=O)NCC[NH+]3CCC(C)CC3)c21. The highest BCUT2D eigenvalue weighted by Crippen LogP contribution is 2.37. The number of rotatable bonds is 5. The number of hydrogen-bond donors (Lipinski definition) is 2. The van der Waals surface area contributed by atoms with E-state index in [0.29, 0.717) is 25.2 Å². The zero-order valence-corrected chi connectivity index (χ0v) is 17.7. The molecule has 1 aromatic rings. The van der Waals surface area contributed by atoms with Crippen molar-refractivity contribution in [2.75, 3.05) is 37.6 Å². The highest BCUT2D eigenvalue weighted by atomic mass is 79.9. The smallest absolute Gasteiger partial charge is 0.242 e. The largest absolute Gasteiger partial charge is 0.334 e. The van der Waals surface area contributed by atoms with Crippen molar-refractivity contribution in [2.24, 2.45) is 5.92 Å². The molecule has 0 bridgehead atoms. The van der Waals surface area contributed by atoms with Crippen molar-refractivity contribution in [3.05, 3.63) is 22.2 Å². The number of anilines is 1. The van der Waals surface area contributed by atoms with Crippen LogP contribution in [0.1, 0.15) is 32.3 Å². The second-order valence-electron chi connectivity index (χ2n) is 7.41. The molecule has 0 radical (unpaired) electrons. The molecular formula is C18H27BrN3O3S+. The second-order valence-corrected chi connectivity index (χ2v) is 10.1. The van der Waals surface area contributed by atoms with Crippen molar-refractivity contribution in [1.29, 1.82) is 0 Å². The Morgan fingerprint density at radius 3 is 2.69 bits per heavy atom. The summed E-state index contributed by atoms with van der Waals surface area (Å²) in [7, 11) is -3.67. The van der Waals surface area contributed by atoms with Gasteiger partial charge in [-0.1, -0.05) is 22.9 Å². The normalized spacial score (nSPS) is 23.1. The van der Waals surface area contributed by atoms with Crippen LogP contribution in [0.15, 0.2) is 21.5 Å². The fourth-order valence-corrected chi connectivity index (χ4v) is 5.81. The minimum Gasteiger partial charge on any atom is -0.334 e. The number of piperidine rings is 1. The fourth-order valence-electron chi connectivity index (χ4n) is 3.85. The first-order chi connectivity index (χ1) is 12.3. The number of quaternary nitrogens is 1. The quantitative estimate of drug-likeness (QED) is 0.709. The Kier molecular flexibility index (Phi) is 6.06. The van der Waals surface area contributed by atoms with Crippen LogP contribution in [0.4, 0.5) is 5.69 Å². The average Bonchev–Trinajstić information content (AvgIpc) is 2.99. The van der Waals surface area contributed by atoms with Crippen LogP contribution in [-0.4, -0.2) is 47.0 Å². The van der Waals surface area contributed by atoms with Gasteiger partial charge < -0.3 is 9.80 Å². The molecule has 6 nitrogen and oxygen atoms in total. The van der Waals surface area contributed by atoms with Crippen molar-refractivity contribution < 1.29 is 18.1 Å². The summed E-state index contributed by atoms with van der Waals surface area (Å²) in [5, 5.41) is 0. The second kappa shape index (κ2) is 7.96. The topological polar surface area (TPSA) is 70.9 Å². The molecule has 0 aliphatic carbocycles. The van der Waals surface area contributed by atoms with E-state index in [0.717, 1.165) is 35.6 Å². The number of amides is 1. The molecule has 0 aromatic heterocycles. The number of benzene rings is 1. The molecule has 1 aromatic carbocycles. The number of carbonyl (C=O) groups excluding carboxylic acids is 1. The van der Waals surface area contributed by atoms with E-state index in [9.17, 15) is 13.2 Å². The zero-order chi connectivity index (χ0) is 18.9. The standard InChI is InChI=1S/C18H26BrN3O3S/c1-13-3-7-21(8-4-13)10-6-20-26(24,25)17-12-16(19)11-15-5-9-22(14(2)23)18(15)17/h11-13,20H,3-10H2,1-2H3/p+1. The molecule has 2 heterocycles. The Balaban J connectivity index is 1.74. The lowest BCUT2D eigenvalue weighted by molar-refractivity contribution is -0.904. The Morgan fingerprint density at radius 1 is 1.35 bits per heavy atom. The van der Waals surface area contributed by atoms with E-state index in [1.54, 1.807) is 11.0 Å². The summed E-state index contributed by atoms with van der Waals surface area (Å²) in [4.78, 5) is 15.1. The minimum atomic E-state index is -3.67. The molecule has 26 heavy (non-hydrogen) atoms. The molecule has 1 amide bonds. The van der Waals surface area contributed by atoms with Gasteiger partial charge in [0, 0.05) is 17.9 Å². The van der Waals surface area contributed by atoms with Crippen LogP contribution >= 0.6 is 15.9 Å². The lowest BCUT2D eigenvalue weighted by atomic mass is 9.99. The predicted octanol–water partition coefficient (Wildman–Crippen LogP) is 0.951. The Morgan fingerprint density at radius 2 is 2.04 bits per heavy atom. The number of fused-ring (bicyclic) bond motifs is 1. The fraction of sp³-hybridized carbons (Fsp3) is 0.611. The number of carbonyl (C=O) groups is 1. The molecule has 0 atom stereocenters. The molecule has 144 valence electrons. The number of hydrogen-bond acceptors (Lipinski definition) is 3. The van der Waals surface area contributed by atoms with E-state index < -0.39 is 10.0 Å². The van der Waals surface area contributed by atoms with Gasteiger partial charge >= 0.3 is 0 Å². The monoisotopic (exact) mass is 444 g/mol. The number of nitrogens with one attached hydrogen (secondary N) is 2. The predicted molar refractivity (Wildman–Crippen MR) is 105 cm³/mol. The molecule has 0 spiro atoms. The first kappa shape index (κ1) is 19.8. The minimum absolute atomic E-state index is 0.130. The molecule has 1 fully saturated rings. The van der Waals surface area contributed by atoms with E-state index in [1.165, 1.54) is 24.7 Å². The molecule has 0 unspecified atom stereocenters. The lowest BCUT2D eigenvalue weighted by Crippen LogP contribution is -3.13. The van der Waals surface area contributed by atoms with Crippen molar-refractivity contribution in [3.63, 3.8) is 0 Å². The van der Waals surface area contributed by atoms with Crippen molar-refractivity contribution in [2.45, 2.75) is 38.0 Å². The van der Waals surface area contributed by atoms with Gasteiger partial charge in [-0.05, 0) is 42.9 Å². The summed E-state index contributed by atoms with van der Waals surface area (Å²) in [5.41, 5.74) is 1.43. The van der Waals surface area contributed by atoms with Crippen molar-refractivity contribution in [3.8, 4) is 0 Å². The number of sulfonamides is 1. The van der Waals surface area contributed by atoms with Gasteiger partial charge in [-0.2, -0.15) is 0 Å². The molecule has 8 heteroatoms. The maximum atomic E-state index is 12.9. The van der Waals surface area contributed by atoms with Gasteiger partial charge in [0.05, 0.1) is 31.9 Å². The third kappa shape index (κ3) is 4.30. The Hall–Kier alpha value is -0.960. The number of nitrogens with zero attached hydrogens (tertiary/aromatic N) is 1. The molecule has 0 saturated carbocycles. The summed E-state index contributed by atoms with van der Waals surface area (Å²) in [6, 6.07) is 3.49. The average molecular weight is 445 g/mol. The molecule has 1 saturated heterocycles. The van der Waals surface area contributed by atoms with E-state index in [2.05, 4.69) is 27.6 Å². The highest BCUT2D eigenvalue weighted by molar-refractivity contribution is 9.10. The molecule has 2 aliphatic rings. The highest BCUT2D eigenvalue weighted by Gasteiger charge is 2.31. The third-order valence-corrected chi connectivity index (χ3v) is 7.35. The van der Waals surface area contributed by atoms with Gasteiger partial charge in [0.15, 0.2) is 0 Å². The summed E-state index contributed by atoms with van der Waals surface area (Å²) in [6.07, 6.45) is 3.08. The molecular weight excluding hydrogens is 418 g/mol. The van der Waals surface area contributed by atoms with Gasteiger partial charge in [0.1, 0.15) is 4.90 Å². The Labute approximate surface area is 164 Å². The first-order valence-corrected chi connectivity index (χ1v) is 11.5. The maximum absolute atomic E-state index is 12.9. The molecule has 3 rings (SSSR count). The van der Waals surface area contributed by atoms with Crippen LogP contribution in [0.25, 0.3) is 0 Å². The van der Waals surface area contributed by atoms with Gasteiger partial charge in [-0.15, -0.1) is 0 Å². The number of likely N-dealkylation sites (tertiary alicyclic amines) is 1. The van der Waals surface area contributed by atoms with Crippen LogP contribution in [-0.2, 0) is 21.2 Å². The van der Waals surface area contributed by atoms with Crippen LogP contribution in [0, 0.1) is 5.92 Å². The van der Waals surface area contributed by atoms with E-state index in [-0.39, 0.29) is 10.8 Å². The van der Waals surface area contributed by atoms with E-state index in [1.807, 2.05) is 6.07 Å². The van der Waals surface area contributed by atoms with E-state index in [4.69, 9.17) is 0 Å². The lowest BCUT2D eigenvalue weighted by Gasteiger charge is -2.27. The van der Waals surface area contributed by atoms with Crippen molar-refractivity contribution in [1.82, 2.24) is 4.72 Å². The van der Waals surface area contributed by atoms with Crippen molar-refractivity contribution >= 4 is 37.5 Å². The van der Waals surface area contributed by atoms with Crippen LogP contribution in [0.3, 0.4) is 0 Å². The van der Waals surface area contributed by atoms with E-state index >= 15 is 0 Å². The van der Waals surface area contributed by atoms with Gasteiger partial charge in [0.25, 0.3) is 0 Å². The summed E-state index contributed by atoms with van der Waals surface area (Å²) < 4.78 is 29.3. The number of halogens is 1. The van der Waals surface area contributed by atoms with Gasteiger partial charge in [-0.3, -0.25) is 4.79 Å². The van der Waals surface area contributed by atoms with Gasteiger partial charge in [0.2, 0.25) is 15.9 Å². The summed E-state index contributed by atoms with van der Waals surface area (Å²) in [6.45, 7) is 7.68. The van der Waals surface area contributed by atoms with Crippen LogP contribution < -0.4 is 14.5 Å². The third-order valence-electron chi connectivity index (χ3n) is 5.41.